The molecule has 3 saturated carbocycles. The summed E-state index contributed by atoms with van der Waals surface area (Å²) in [6.07, 6.45) is 17.7. The van der Waals surface area contributed by atoms with E-state index in [0.29, 0.717) is 10.8 Å². The molecule has 0 aromatic carbocycles. The molecule has 0 aromatic heterocycles. The first kappa shape index (κ1) is 18.8. The van der Waals surface area contributed by atoms with Gasteiger partial charge in [-0.05, 0) is 99.2 Å². The fraction of sp³-hybridized carbons (Fsp3) is 0.840. The van der Waals surface area contributed by atoms with Gasteiger partial charge in [-0.2, -0.15) is 0 Å². The van der Waals surface area contributed by atoms with Crippen molar-refractivity contribution in [1.29, 1.82) is 0 Å². The highest BCUT2D eigenvalue weighted by molar-refractivity contribution is 5.26. The summed E-state index contributed by atoms with van der Waals surface area (Å²) in [5.41, 5.74) is 4.21. The van der Waals surface area contributed by atoms with Crippen LogP contribution >= 0.6 is 0 Å². The topological polar surface area (TPSA) is 20.2 Å². The number of fused-ring (bicyclic) bond motifs is 5. The molecule has 4 aliphatic carbocycles. The molecule has 1 heteroatoms. The predicted octanol–water partition coefficient (Wildman–Crippen LogP) is 6.67. The molecule has 1 N–H and O–H groups in total. The smallest absolute Gasteiger partial charge is 0.0577 e. The van der Waals surface area contributed by atoms with Crippen LogP contribution in [0.2, 0.25) is 0 Å². The number of aliphatic hydroxyl groups is 1. The van der Waals surface area contributed by atoms with Crippen LogP contribution in [-0.2, 0) is 0 Å². The van der Waals surface area contributed by atoms with Crippen molar-refractivity contribution in [1.82, 2.24) is 0 Å². The molecule has 0 radical (unpaired) electrons. The fourth-order valence-corrected chi connectivity index (χ4v) is 7.90. The molecule has 0 saturated heterocycles. The van der Waals surface area contributed by atoms with Gasteiger partial charge in [0, 0.05) is 0 Å². The number of hydrogen-bond acceptors (Lipinski definition) is 1. The summed E-state index contributed by atoms with van der Waals surface area (Å²) < 4.78 is 0. The van der Waals surface area contributed by atoms with Gasteiger partial charge in [0.1, 0.15) is 0 Å². The Morgan fingerprint density at radius 1 is 1.15 bits per heavy atom. The van der Waals surface area contributed by atoms with E-state index in [0.717, 1.165) is 36.5 Å². The van der Waals surface area contributed by atoms with Gasteiger partial charge in [-0.1, -0.05) is 50.5 Å². The van der Waals surface area contributed by atoms with E-state index < -0.39 is 0 Å². The van der Waals surface area contributed by atoms with Crippen molar-refractivity contribution in [2.24, 2.45) is 34.5 Å². The van der Waals surface area contributed by atoms with Crippen molar-refractivity contribution >= 4 is 0 Å². The molecule has 146 valence electrons. The van der Waals surface area contributed by atoms with Crippen LogP contribution in [0, 0.1) is 34.5 Å². The quantitative estimate of drug-likeness (QED) is 0.560. The van der Waals surface area contributed by atoms with Crippen molar-refractivity contribution < 1.29 is 5.11 Å². The third kappa shape index (κ3) is 2.76. The van der Waals surface area contributed by atoms with Gasteiger partial charge in [0.25, 0.3) is 0 Å². The number of unbranched alkanes of at least 4 members (excludes halogenated alkanes) is 1. The third-order valence-electron chi connectivity index (χ3n) is 9.38. The van der Waals surface area contributed by atoms with Crippen molar-refractivity contribution in [2.75, 3.05) is 0 Å². The van der Waals surface area contributed by atoms with E-state index in [1.807, 2.05) is 0 Å². The second kappa shape index (κ2) is 6.80. The lowest BCUT2D eigenvalue weighted by atomic mass is 9.47. The Bertz CT molecular complexity index is 601. The number of aliphatic hydroxyl groups excluding tert-OH is 1. The third-order valence-corrected chi connectivity index (χ3v) is 9.38. The summed E-state index contributed by atoms with van der Waals surface area (Å²) in [6, 6.07) is 0. The minimum Gasteiger partial charge on any atom is -0.393 e. The molecule has 3 fully saturated rings. The first-order valence-electron chi connectivity index (χ1n) is 11.4. The summed E-state index contributed by atoms with van der Waals surface area (Å²) in [5, 5.41) is 10.2. The average Bonchev–Trinajstić information content (AvgIpc) is 2.97. The SMILES string of the molecule is CCCC=C(C)[C@H]1CCC2C3CC=C4C[C@@H](O)CC[C@]4(C)C3CC[C@@]21C. The fourth-order valence-electron chi connectivity index (χ4n) is 7.90. The van der Waals surface area contributed by atoms with Crippen LogP contribution in [0.4, 0.5) is 0 Å². The van der Waals surface area contributed by atoms with Crippen LogP contribution in [0.3, 0.4) is 0 Å². The van der Waals surface area contributed by atoms with Gasteiger partial charge in [-0.15, -0.1) is 0 Å². The Labute approximate surface area is 161 Å². The Morgan fingerprint density at radius 2 is 1.96 bits per heavy atom. The van der Waals surface area contributed by atoms with Crippen LogP contribution in [0.15, 0.2) is 23.3 Å². The van der Waals surface area contributed by atoms with Crippen LogP contribution in [0.5, 0.6) is 0 Å². The monoisotopic (exact) mass is 356 g/mol. The van der Waals surface area contributed by atoms with Crippen LogP contribution in [0.25, 0.3) is 0 Å². The summed E-state index contributed by atoms with van der Waals surface area (Å²) in [7, 11) is 0. The van der Waals surface area contributed by atoms with E-state index in [9.17, 15) is 5.11 Å². The highest BCUT2D eigenvalue weighted by atomic mass is 16.3. The lowest BCUT2D eigenvalue weighted by Crippen LogP contribution is -2.50. The molecular formula is C25H40O. The molecule has 7 atom stereocenters. The van der Waals surface area contributed by atoms with E-state index in [4.69, 9.17) is 0 Å². The molecule has 26 heavy (non-hydrogen) atoms. The van der Waals surface area contributed by atoms with E-state index in [-0.39, 0.29) is 6.10 Å². The maximum atomic E-state index is 10.2. The zero-order valence-corrected chi connectivity index (χ0v) is 17.6. The number of allylic oxidation sites excluding steroid dienone is 3. The summed E-state index contributed by atoms with van der Waals surface area (Å²) >= 11 is 0. The molecule has 0 heterocycles. The molecule has 1 nitrogen and oxygen atoms in total. The molecule has 4 rings (SSSR count). The largest absolute Gasteiger partial charge is 0.393 e. The lowest BCUT2D eigenvalue weighted by molar-refractivity contribution is -0.0454. The standard InChI is InChI=1S/C25H40O/c1-5-6-7-17(2)21-10-11-22-20-9-8-18-16-19(26)12-14-24(18,3)23(20)13-15-25(21,22)4/h7-8,19-23,26H,5-6,9-16H2,1-4H3/t19-,20?,21+,22?,23?,24-,25+/m0/s1. The molecule has 0 bridgehead atoms. The van der Waals surface area contributed by atoms with E-state index in [1.54, 1.807) is 11.1 Å². The molecule has 0 spiro atoms. The zero-order chi connectivity index (χ0) is 18.5. The normalized spacial score (nSPS) is 48.4. The van der Waals surface area contributed by atoms with Gasteiger partial charge in [0.2, 0.25) is 0 Å². The summed E-state index contributed by atoms with van der Waals surface area (Å²) in [4.78, 5) is 0. The highest BCUT2D eigenvalue weighted by Gasteiger charge is 2.58. The Hall–Kier alpha value is -0.560. The maximum absolute atomic E-state index is 10.2. The molecule has 0 aliphatic heterocycles. The molecule has 0 aromatic rings. The van der Waals surface area contributed by atoms with E-state index in [2.05, 4.69) is 39.8 Å². The van der Waals surface area contributed by atoms with Gasteiger partial charge < -0.3 is 5.11 Å². The van der Waals surface area contributed by atoms with Crippen molar-refractivity contribution in [2.45, 2.75) is 98.0 Å². The molecular weight excluding hydrogens is 316 g/mol. The lowest BCUT2D eigenvalue weighted by Gasteiger charge is -2.58. The molecule has 3 unspecified atom stereocenters. The first-order valence-corrected chi connectivity index (χ1v) is 11.4. The molecule has 4 aliphatic rings. The highest BCUT2D eigenvalue weighted by Crippen LogP contribution is 2.67. The van der Waals surface area contributed by atoms with Crippen LogP contribution in [-0.4, -0.2) is 11.2 Å². The minimum absolute atomic E-state index is 0.0815. The first-order chi connectivity index (χ1) is 12.4. The van der Waals surface area contributed by atoms with Gasteiger partial charge in [0.05, 0.1) is 6.10 Å². The van der Waals surface area contributed by atoms with Crippen LogP contribution < -0.4 is 0 Å². The van der Waals surface area contributed by atoms with E-state index >= 15 is 0 Å². The van der Waals surface area contributed by atoms with Crippen molar-refractivity contribution in [3.63, 3.8) is 0 Å². The van der Waals surface area contributed by atoms with Crippen LogP contribution in [0.1, 0.15) is 91.9 Å². The van der Waals surface area contributed by atoms with Gasteiger partial charge in [0.15, 0.2) is 0 Å². The number of rotatable bonds is 3. The van der Waals surface area contributed by atoms with Gasteiger partial charge in [-0.25, -0.2) is 0 Å². The second-order valence-electron chi connectivity index (χ2n) is 10.6. The predicted molar refractivity (Wildman–Crippen MR) is 110 cm³/mol. The number of hydrogen-bond donors (Lipinski definition) is 1. The maximum Gasteiger partial charge on any atom is 0.0577 e. The van der Waals surface area contributed by atoms with E-state index in [1.165, 1.54) is 51.4 Å². The second-order valence-corrected chi connectivity index (χ2v) is 10.6. The zero-order valence-electron chi connectivity index (χ0n) is 17.6. The van der Waals surface area contributed by atoms with Gasteiger partial charge in [-0.3, -0.25) is 0 Å². The molecule has 0 amide bonds. The summed E-state index contributed by atoms with van der Waals surface area (Å²) in [6.45, 7) is 9.90. The van der Waals surface area contributed by atoms with Crippen molar-refractivity contribution in [3.05, 3.63) is 23.3 Å². The minimum atomic E-state index is -0.0815. The Kier molecular flexibility index (Phi) is 4.91. The Morgan fingerprint density at radius 3 is 2.73 bits per heavy atom. The van der Waals surface area contributed by atoms with Gasteiger partial charge >= 0.3 is 0 Å². The summed E-state index contributed by atoms with van der Waals surface area (Å²) in [5.74, 6) is 3.50. The average molecular weight is 357 g/mol. The van der Waals surface area contributed by atoms with Crippen molar-refractivity contribution in [3.8, 4) is 0 Å². The Balaban J connectivity index is 1.60.